The van der Waals surface area contributed by atoms with Crippen LogP contribution in [0.2, 0.25) is 0 Å². The Labute approximate surface area is 150 Å². The Bertz CT molecular complexity index is 572. The van der Waals surface area contributed by atoms with Crippen molar-refractivity contribution in [1.82, 2.24) is 0 Å². The van der Waals surface area contributed by atoms with Gasteiger partial charge < -0.3 is 9.42 Å². The Morgan fingerprint density at radius 2 is 1.52 bits per heavy atom. The van der Waals surface area contributed by atoms with Crippen molar-refractivity contribution in [2.24, 2.45) is 0 Å². The molecule has 1 unspecified atom stereocenters. The van der Waals surface area contributed by atoms with Crippen molar-refractivity contribution in [1.29, 1.82) is 0 Å². The molecule has 2 aromatic carbocycles. The Morgan fingerprint density at radius 1 is 1.00 bits per heavy atom. The molecule has 6 heteroatoms. The number of hydrogen-bond donors (Lipinski definition) is 0. The van der Waals surface area contributed by atoms with E-state index in [0.29, 0.717) is 6.42 Å². The van der Waals surface area contributed by atoms with Crippen LogP contribution in [0.4, 0.5) is 0 Å². The summed E-state index contributed by atoms with van der Waals surface area (Å²) < 4.78 is 17.3. The van der Waals surface area contributed by atoms with E-state index in [2.05, 4.69) is 0 Å². The van der Waals surface area contributed by atoms with E-state index in [0.717, 1.165) is 22.5 Å². The zero-order valence-corrected chi connectivity index (χ0v) is 15.4. The zero-order chi connectivity index (χ0) is 14.0. The molecule has 21 heavy (non-hydrogen) atoms. The Kier molecular flexibility index (Phi) is 6.15. The van der Waals surface area contributed by atoms with Crippen LogP contribution in [0.3, 0.4) is 0 Å². The largest absolute Gasteiger partial charge is 1.00 e. The average molecular weight is 328 g/mol. The van der Waals surface area contributed by atoms with Crippen molar-refractivity contribution >= 4 is 18.2 Å². The van der Waals surface area contributed by atoms with Gasteiger partial charge in [0.25, 0.3) is 0 Å². The summed E-state index contributed by atoms with van der Waals surface area (Å²) in [6.45, 7) is -3.86. The molecule has 1 aliphatic rings. The molecule has 0 bridgehead atoms. The van der Waals surface area contributed by atoms with E-state index in [1.54, 1.807) is 0 Å². The maximum Gasteiger partial charge on any atom is 1.00 e. The Balaban J connectivity index is 0.00000161. The molecule has 1 fully saturated rings. The van der Waals surface area contributed by atoms with Gasteiger partial charge in [0.1, 0.15) is 0 Å². The standard InChI is InChI=1S/C15H15O3PS.Na/c16-19(17)18-14(12-7-3-1-4-8-12)11-15(20-19)13-9-5-2-6-10-13;/h1-10,14-15H,11H2,(H,16,17);/q;+1/p-1/t14-,15-;/m1./s1. The second-order valence-corrected chi connectivity index (χ2v) is 8.55. The van der Waals surface area contributed by atoms with Gasteiger partial charge in [-0.15, -0.1) is 0 Å². The summed E-state index contributed by atoms with van der Waals surface area (Å²) in [4.78, 5) is 12.0. The molecule has 0 aromatic heterocycles. The van der Waals surface area contributed by atoms with Gasteiger partial charge >= 0.3 is 29.6 Å². The summed E-state index contributed by atoms with van der Waals surface area (Å²) in [5.41, 5.74) is 1.93. The third-order valence-corrected chi connectivity index (χ3v) is 6.57. The third-order valence-electron chi connectivity index (χ3n) is 3.28. The first kappa shape index (κ1) is 17.3. The van der Waals surface area contributed by atoms with Crippen LogP contribution >= 0.6 is 18.2 Å². The average Bonchev–Trinajstić information content (AvgIpc) is 2.47. The van der Waals surface area contributed by atoms with E-state index >= 15 is 0 Å². The van der Waals surface area contributed by atoms with Crippen LogP contribution in [-0.2, 0) is 9.09 Å². The zero-order valence-electron chi connectivity index (χ0n) is 11.7. The minimum atomic E-state index is -3.86. The summed E-state index contributed by atoms with van der Waals surface area (Å²) in [7, 11) is 0. The quantitative estimate of drug-likeness (QED) is 0.612. The van der Waals surface area contributed by atoms with E-state index in [1.807, 2.05) is 60.7 Å². The van der Waals surface area contributed by atoms with Gasteiger partial charge in [0.05, 0.1) is 6.10 Å². The molecule has 0 spiro atoms. The van der Waals surface area contributed by atoms with Crippen molar-refractivity contribution in [2.75, 3.05) is 0 Å². The molecule has 0 saturated carbocycles. The van der Waals surface area contributed by atoms with Gasteiger partial charge in [-0.1, -0.05) is 72.0 Å². The number of benzene rings is 2. The van der Waals surface area contributed by atoms with Gasteiger partial charge in [-0.2, -0.15) is 0 Å². The van der Waals surface area contributed by atoms with Crippen LogP contribution in [0.15, 0.2) is 60.7 Å². The number of hydrogen-bond acceptors (Lipinski definition) is 4. The van der Waals surface area contributed by atoms with E-state index < -0.39 is 12.9 Å². The molecule has 0 radical (unpaired) electrons. The molecule has 0 N–H and O–H groups in total. The van der Waals surface area contributed by atoms with Gasteiger partial charge in [-0.3, -0.25) is 4.57 Å². The maximum absolute atomic E-state index is 12.0. The summed E-state index contributed by atoms with van der Waals surface area (Å²) >= 11 is 0.918. The van der Waals surface area contributed by atoms with E-state index in [9.17, 15) is 9.46 Å². The molecule has 1 heterocycles. The smallest absolute Gasteiger partial charge is 0.770 e. The molecule has 3 rings (SSSR count). The summed E-state index contributed by atoms with van der Waals surface area (Å²) in [5, 5.41) is -0.0847. The molecule has 1 saturated heterocycles. The van der Waals surface area contributed by atoms with Gasteiger partial charge in [0, 0.05) is 5.25 Å². The van der Waals surface area contributed by atoms with Gasteiger partial charge in [-0.05, 0) is 17.5 Å². The van der Waals surface area contributed by atoms with E-state index in [-0.39, 0.29) is 34.8 Å². The topological polar surface area (TPSA) is 49.4 Å². The first-order valence-corrected chi connectivity index (χ1v) is 9.44. The van der Waals surface area contributed by atoms with Crippen LogP contribution in [0.25, 0.3) is 0 Å². The third kappa shape index (κ3) is 4.46. The van der Waals surface area contributed by atoms with Crippen molar-refractivity contribution in [3.63, 3.8) is 0 Å². The SMILES string of the molecule is O=P1([O-])O[C@@H](c2ccccc2)C[C@H](c2ccccc2)S1.[Na+]. The first-order valence-electron chi connectivity index (χ1n) is 6.42. The minimum Gasteiger partial charge on any atom is -0.770 e. The van der Waals surface area contributed by atoms with Crippen molar-refractivity contribution in [2.45, 2.75) is 17.8 Å². The molecule has 2 aromatic rings. The molecular weight excluding hydrogens is 314 g/mol. The predicted molar refractivity (Wildman–Crippen MR) is 79.3 cm³/mol. The second kappa shape index (κ2) is 7.47. The molecule has 0 aliphatic carbocycles. The molecule has 3 atom stereocenters. The fraction of sp³-hybridized carbons (Fsp3) is 0.200. The van der Waals surface area contributed by atoms with Crippen molar-refractivity contribution in [3.05, 3.63) is 71.8 Å². The fourth-order valence-electron chi connectivity index (χ4n) is 2.35. The maximum atomic E-state index is 12.0. The van der Waals surface area contributed by atoms with Gasteiger partial charge in [0.15, 0.2) is 6.80 Å². The van der Waals surface area contributed by atoms with Crippen LogP contribution in [0, 0.1) is 0 Å². The molecule has 104 valence electrons. The Hall–Kier alpha value is -0.0600. The predicted octanol–water partition coefficient (Wildman–Crippen LogP) is 1.09. The minimum absolute atomic E-state index is 0. The molecule has 3 nitrogen and oxygen atoms in total. The van der Waals surface area contributed by atoms with Crippen molar-refractivity contribution < 1.29 is 43.5 Å². The molecular formula is C15H14NaO3PS. The Morgan fingerprint density at radius 3 is 2.10 bits per heavy atom. The molecule has 1 aliphatic heterocycles. The summed E-state index contributed by atoms with van der Waals surface area (Å²) in [5.74, 6) is 0. The van der Waals surface area contributed by atoms with E-state index in [1.165, 1.54) is 0 Å². The van der Waals surface area contributed by atoms with Crippen LogP contribution < -0.4 is 34.5 Å². The summed E-state index contributed by atoms with van der Waals surface area (Å²) in [6.07, 6.45) is 0.260. The van der Waals surface area contributed by atoms with Crippen LogP contribution in [-0.4, -0.2) is 0 Å². The van der Waals surface area contributed by atoms with Crippen LogP contribution in [0.1, 0.15) is 28.9 Å². The first-order chi connectivity index (χ1) is 9.64. The second-order valence-electron chi connectivity index (χ2n) is 4.69. The fourth-order valence-corrected chi connectivity index (χ4v) is 5.79. The van der Waals surface area contributed by atoms with Crippen molar-refractivity contribution in [3.8, 4) is 0 Å². The van der Waals surface area contributed by atoms with Gasteiger partial charge in [0.2, 0.25) is 0 Å². The monoisotopic (exact) mass is 328 g/mol. The summed E-state index contributed by atoms with van der Waals surface area (Å²) in [6, 6.07) is 19.2. The van der Waals surface area contributed by atoms with Gasteiger partial charge in [-0.25, -0.2) is 0 Å². The number of rotatable bonds is 2. The normalized spacial score (nSPS) is 28.6. The molecule has 0 amide bonds. The van der Waals surface area contributed by atoms with Crippen LogP contribution in [0.5, 0.6) is 0 Å². The van der Waals surface area contributed by atoms with E-state index in [4.69, 9.17) is 4.52 Å².